The molecule has 0 radical (unpaired) electrons. The van der Waals surface area contributed by atoms with Crippen molar-refractivity contribution in [1.82, 2.24) is 19.5 Å². The molecule has 5 nitrogen and oxygen atoms in total. The Bertz CT molecular complexity index is 3770. The lowest BCUT2D eigenvalue weighted by Gasteiger charge is -2.29. The molecule has 0 saturated heterocycles. The van der Waals surface area contributed by atoms with E-state index >= 15 is 0 Å². The molecule has 3 heterocycles. The van der Waals surface area contributed by atoms with Crippen LogP contribution in [-0.4, -0.2) is 19.5 Å². The van der Waals surface area contributed by atoms with Crippen LogP contribution in [0.1, 0.15) is 24.1 Å². The van der Waals surface area contributed by atoms with Crippen molar-refractivity contribution in [3.05, 3.63) is 211 Å². The molecule has 0 bridgehead atoms. The molecule has 2 unspecified atom stereocenters. The molecule has 11 aromatic rings. The van der Waals surface area contributed by atoms with Crippen molar-refractivity contribution >= 4 is 60.5 Å². The summed E-state index contributed by atoms with van der Waals surface area (Å²) >= 11 is 0. The first kappa shape index (κ1) is 35.6. The summed E-state index contributed by atoms with van der Waals surface area (Å²) in [4.78, 5) is 16.0. The van der Waals surface area contributed by atoms with E-state index in [9.17, 15) is 0 Å². The highest BCUT2D eigenvalue weighted by atomic mass is 16.3. The van der Waals surface area contributed by atoms with Gasteiger partial charge in [0.1, 0.15) is 11.2 Å². The van der Waals surface area contributed by atoms with Gasteiger partial charge in [0, 0.05) is 38.9 Å². The van der Waals surface area contributed by atoms with E-state index in [-0.39, 0.29) is 5.92 Å². The topological polar surface area (TPSA) is 56.7 Å². The summed E-state index contributed by atoms with van der Waals surface area (Å²) in [7, 11) is 0. The van der Waals surface area contributed by atoms with Crippen LogP contribution in [0.2, 0.25) is 0 Å². The summed E-state index contributed by atoms with van der Waals surface area (Å²) in [5.74, 6) is 2.31. The van der Waals surface area contributed by atoms with Gasteiger partial charge in [-0.2, -0.15) is 0 Å². The number of fused-ring (bicyclic) bond motifs is 9. The van der Waals surface area contributed by atoms with Gasteiger partial charge in [-0.1, -0.05) is 159 Å². The quantitative estimate of drug-likeness (QED) is 0.174. The third-order valence-corrected chi connectivity index (χ3v) is 13.1. The number of aromatic nitrogens is 4. The number of hydrogen-bond donors (Lipinski definition) is 0. The zero-order chi connectivity index (χ0) is 41.6. The maximum atomic E-state index is 6.84. The minimum Gasteiger partial charge on any atom is -0.455 e. The van der Waals surface area contributed by atoms with Crippen LogP contribution in [0.3, 0.4) is 0 Å². The molecule has 296 valence electrons. The SMILES string of the molecule is CC1c2c(n(-c3cc(-c4nc(-c5cccc(-c6ccccc6)c5)nc(-c5ccc6ccccc6c5)n4)c4oc5ccccc5c4c3)c3cc4ccccc4cc23)C=C2C=CC=CC21. The second kappa shape index (κ2) is 13.9. The van der Waals surface area contributed by atoms with E-state index in [0.717, 1.165) is 71.7 Å². The third-order valence-electron chi connectivity index (χ3n) is 13.1. The first-order valence-corrected chi connectivity index (χ1v) is 21.6. The summed E-state index contributed by atoms with van der Waals surface area (Å²) in [5.41, 5.74) is 12.5. The van der Waals surface area contributed by atoms with Crippen molar-refractivity contribution in [2.75, 3.05) is 0 Å². The summed E-state index contributed by atoms with van der Waals surface area (Å²) < 4.78 is 9.30. The molecule has 3 aromatic heterocycles. The van der Waals surface area contributed by atoms with E-state index in [2.05, 4.69) is 194 Å². The standard InChI is InChI=1S/C58H38N4O/c1-35-46-23-10-9-20-42(46)32-52-54(35)49-30-40-18-7-8-19-41(40)31-51(49)62(52)45-33-48-47-24-11-12-25-53(47)63-55(48)50(34-45)58-60-56(43-22-13-21-39(28-43)36-14-3-2-4-15-36)59-57(61-58)44-27-26-37-16-5-6-17-38(37)29-44/h2-35,46H,1H3. The highest BCUT2D eigenvalue weighted by molar-refractivity contribution is 6.11. The van der Waals surface area contributed by atoms with Crippen LogP contribution < -0.4 is 0 Å². The average molecular weight is 807 g/mol. The van der Waals surface area contributed by atoms with Crippen LogP contribution >= 0.6 is 0 Å². The molecule has 0 amide bonds. The summed E-state index contributed by atoms with van der Waals surface area (Å²) in [6.45, 7) is 2.38. The highest BCUT2D eigenvalue weighted by Gasteiger charge is 2.33. The molecule has 0 fully saturated rings. The van der Waals surface area contributed by atoms with Gasteiger partial charge in [-0.25, -0.2) is 15.0 Å². The molecule has 13 rings (SSSR count). The van der Waals surface area contributed by atoms with Gasteiger partial charge in [-0.05, 0) is 98.3 Å². The maximum absolute atomic E-state index is 6.84. The average Bonchev–Trinajstić information content (AvgIpc) is 3.88. The van der Waals surface area contributed by atoms with Crippen LogP contribution in [0.4, 0.5) is 0 Å². The van der Waals surface area contributed by atoms with E-state index in [1.165, 1.54) is 33.0 Å². The number of hydrogen-bond acceptors (Lipinski definition) is 4. The Morgan fingerprint density at radius 3 is 2.03 bits per heavy atom. The normalized spacial score (nSPS) is 15.7. The van der Waals surface area contributed by atoms with Gasteiger partial charge < -0.3 is 8.98 Å². The molecule has 5 heteroatoms. The lowest BCUT2D eigenvalue weighted by atomic mass is 9.75. The van der Waals surface area contributed by atoms with Gasteiger partial charge in [-0.15, -0.1) is 0 Å². The fourth-order valence-electron chi connectivity index (χ4n) is 10.1. The summed E-state index contributed by atoms with van der Waals surface area (Å²) in [6, 6.07) is 60.0. The molecule has 0 saturated carbocycles. The highest BCUT2D eigenvalue weighted by Crippen LogP contribution is 2.48. The molecule has 0 aliphatic heterocycles. The predicted octanol–water partition coefficient (Wildman–Crippen LogP) is 14.9. The molecule has 0 spiro atoms. The number of benzene rings is 8. The zero-order valence-corrected chi connectivity index (χ0v) is 34.4. The maximum Gasteiger partial charge on any atom is 0.167 e. The summed E-state index contributed by atoms with van der Waals surface area (Å²) in [5, 5.41) is 8.03. The fourth-order valence-corrected chi connectivity index (χ4v) is 10.1. The molecule has 2 atom stereocenters. The number of nitrogens with zero attached hydrogens (tertiary/aromatic N) is 4. The molecule has 2 aliphatic carbocycles. The van der Waals surface area contributed by atoms with Gasteiger partial charge in [0.25, 0.3) is 0 Å². The molecular weight excluding hydrogens is 769 g/mol. The van der Waals surface area contributed by atoms with E-state index < -0.39 is 0 Å². The minimum absolute atomic E-state index is 0.270. The monoisotopic (exact) mass is 806 g/mol. The Labute approximate surface area is 363 Å². The van der Waals surface area contributed by atoms with E-state index in [0.29, 0.717) is 23.4 Å². The number of allylic oxidation sites excluding steroid dienone is 5. The second-order valence-corrected chi connectivity index (χ2v) is 16.8. The van der Waals surface area contributed by atoms with Crippen molar-refractivity contribution in [2.24, 2.45) is 5.92 Å². The van der Waals surface area contributed by atoms with Gasteiger partial charge in [-0.3, -0.25) is 0 Å². The largest absolute Gasteiger partial charge is 0.455 e. The van der Waals surface area contributed by atoms with Crippen LogP contribution in [-0.2, 0) is 0 Å². The first-order valence-electron chi connectivity index (χ1n) is 21.6. The van der Waals surface area contributed by atoms with E-state index in [1.807, 2.05) is 18.2 Å². The number of furan rings is 1. The van der Waals surface area contributed by atoms with Crippen molar-refractivity contribution in [3.63, 3.8) is 0 Å². The number of para-hydroxylation sites is 1. The second-order valence-electron chi connectivity index (χ2n) is 16.8. The Morgan fingerprint density at radius 2 is 1.19 bits per heavy atom. The Kier molecular flexibility index (Phi) is 7.88. The molecule has 63 heavy (non-hydrogen) atoms. The van der Waals surface area contributed by atoms with E-state index in [4.69, 9.17) is 19.4 Å². The van der Waals surface area contributed by atoms with E-state index in [1.54, 1.807) is 0 Å². The number of rotatable bonds is 5. The first-order chi connectivity index (χ1) is 31.1. The molecule has 8 aromatic carbocycles. The third kappa shape index (κ3) is 5.74. The lowest BCUT2D eigenvalue weighted by molar-refractivity contribution is 0.619. The van der Waals surface area contributed by atoms with Crippen molar-refractivity contribution in [3.8, 4) is 51.0 Å². The molecule has 2 aliphatic rings. The van der Waals surface area contributed by atoms with Crippen LogP contribution in [0.25, 0.3) is 111 Å². The van der Waals surface area contributed by atoms with Gasteiger partial charge in [0.15, 0.2) is 17.5 Å². The van der Waals surface area contributed by atoms with Crippen LogP contribution in [0, 0.1) is 5.92 Å². The fraction of sp³-hybridized carbons (Fsp3) is 0.0517. The zero-order valence-electron chi connectivity index (χ0n) is 34.4. The van der Waals surface area contributed by atoms with Crippen molar-refractivity contribution in [2.45, 2.75) is 12.8 Å². The van der Waals surface area contributed by atoms with Gasteiger partial charge in [0.05, 0.1) is 16.8 Å². The molecular formula is C58H38N4O. The van der Waals surface area contributed by atoms with Crippen LogP contribution in [0.5, 0.6) is 0 Å². The Hall–Kier alpha value is -8.15. The minimum atomic E-state index is 0.270. The van der Waals surface area contributed by atoms with Gasteiger partial charge >= 0.3 is 0 Å². The van der Waals surface area contributed by atoms with Gasteiger partial charge in [0.2, 0.25) is 0 Å². The van der Waals surface area contributed by atoms with Crippen molar-refractivity contribution in [1.29, 1.82) is 0 Å². The smallest absolute Gasteiger partial charge is 0.167 e. The summed E-state index contributed by atoms with van der Waals surface area (Å²) in [6.07, 6.45) is 11.4. The Morgan fingerprint density at radius 1 is 0.508 bits per heavy atom. The molecule has 0 N–H and O–H groups in total. The van der Waals surface area contributed by atoms with Crippen LogP contribution in [0.15, 0.2) is 204 Å². The predicted molar refractivity (Wildman–Crippen MR) is 259 cm³/mol. The lowest BCUT2D eigenvalue weighted by Crippen LogP contribution is -2.16. The van der Waals surface area contributed by atoms with Crippen molar-refractivity contribution < 1.29 is 4.42 Å². The Balaban J connectivity index is 1.11.